The summed E-state index contributed by atoms with van der Waals surface area (Å²) in [6.07, 6.45) is 1.04. The lowest BCUT2D eigenvalue weighted by Gasteiger charge is -2.18. The Morgan fingerprint density at radius 2 is 1.42 bits per heavy atom. The Hall–Kier alpha value is -2.42. The van der Waals surface area contributed by atoms with Crippen molar-refractivity contribution < 1.29 is 9.59 Å². The number of nitrogens with one attached hydrogen (secondary N) is 1. The summed E-state index contributed by atoms with van der Waals surface area (Å²) in [6.45, 7) is 6.61. The molecule has 3 nitrogen and oxygen atoms in total. The van der Waals surface area contributed by atoms with E-state index in [9.17, 15) is 9.59 Å². The smallest absolute Gasteiger partial charge is 0.251 e. The van der Waals surface area contributed by atoms with Gasteiger partial charge in [-0.05, 0) is 29.9 Å². The quantitative estimate of drug-likeness (QED) is 0.862. The highest BCUT2D eigenvalue weighted by atomic mass is 16.1. The van der Waals surface area contributed by atoms with E-state index in [-0.39, 0.29) is 23.1 Å². The lowest BCUT2D eigenvalue weighted by Crippen LogP contribution is -2.29. The molecule has 0 saturated heterocycles. The summed E-state index contributed by atoms with van der Waals surface area (Å²) >= 11 is 0. The van der Waals surface area contributed by atoms with E-state index in [1.807, 2.05) is 18.2 Å². The van der Waals surface area contributed by atoms with Crippen LogP contribution in [0.5, 0.6) is 0 Å². The first kappa shape index (κ1) is 16.4. The van der Waals surface area contributed by atoms with Gasteiger partial charge in [0.25, 0.3) is 5.91 Å². The Balaban J connectivity index is 1.65. The minimum atomic E-state index is -0.0644. The van der Waals surface area contributed by atoms with Gasteiger partial charge in [0.15, 0.2) is 5.78 Å². The number of ketones is 1. The Morgan fingerprint density at radius 3 is 1.96 bits per heavy atom. The molecule has 124 valence electrons. The van der Waals surface area contributed by atoms with Crippen molar-refractivity contribution in [1.29, 1.82) is 0 Å². The van der Waals surface area contributed by atoms with Crippen molar-refractivity contribution in [3.05, 3.63) is 71.3 Å². The molecule has 1 N–H and O–H groups in total. The molecular weight excluding hydrogens is 298 g/mol. The molecule has 1 amide bonds. The first-order valence-electron chi connectivity index (χ1n) is 8.37. The molecule has 0 radical (unpaired) electrons. The normalized spacial score (nSPS) is 19.6. The second-order valence-electron chi connectivity index (χ2n) is 7.56. The van der Waals surface area contributed by atoms with Gasteiger partial charge >= 0.3 is 0 Å². The monoisotopic (exact) mass is 321 g/mol. The minimum absolute atomic E-state index is 0.0300. The van der Waals surface area contributed by atoms with Crippen molar-refractivity contribution in [3.63, 3.8) is 0 Å². The SMILES string of the molecule is CC(C)(C)[C@H]1C[C@H]1NC(=O)c1ccc(C(=O)c2ccccc2)cc1. The fourth-order valence-electron chi connectivity index (χ4n) is 3.09. The number of benzene rings is 2. The van der Waals surface area contributed by atoms with Crippen molar-refractivity contribution in [2.24, 2.45) is 11.3 Å². The fourth-order valence-corrected chi connectivity index (χ4v) is 3.09. The predicted molar refractivity (Wildman–Crippen MR) is 95.1 cm³/mol. The molecule has 0 heterocycles. The molecular formula is C21H23NO2. The van der Waals surface area contributed by atoms with E-state index in [1.54, 1.807) is 36.4 Å². The first-order chi connectivity index (χ1) is 11.4. The number of amides is 1. The summed E-state index contributed by atoms with van der Waals surface area (Å²) in [5, 5.41) is 3.08. The molecule has 24 heavy (non-hydrogen) atoms. The van der Waals surface area contributed by atoms with E-state index in [0.29, 0.717) is 22.6 Å². The van der Waals surface area contributed by atoms with Gasteiger partial charge in [-0.2, -0.15) is 0 Å². The molecule has 1 fully saturated rings. The third-order valence-electron chi connectivity index (χ3n) is 4.66. The van der Waals surface area contributed by atoms with E-state index in [4.69, 9.17) is 0 Å². The van der Waals surface area contributed by atoms with Crippen molar-refractivity contribution >= 4 is 11.7 Å². The Labute approximate surface area is 143 Å². The molecule has 1 saturated carbocycles. The number of rotatable bonds is 4. The van der Waals surface area contributed by atoms with Gasteiger partial charge in [-0.1, -0.05) is 63.2 Å². The standard InChI is InChI=1S/C21H23NO2/c1-21(2,3)17-13-18(17)22-20(24)16-11-9-15(10-12-16)19(23)14-7-5-4-6-8-14/h4-12,17-18H,13H2,1-3H3,(H,22,24)/t17-,18+/m0/s1. The Kier molecular flexibility index (Phi) is 4.27. The summed E-state index contributed by atoms with van der Waals surface area (Å²) in [5.41, 5.74) is 2.07. The van der Waals surface area contributed by atoms with Crippen molar-refractivity contribution in [3.8, 4) is 0 Å². The van der Waals surface area contributed by atoms with Crippen LogP contribution >= 0.6 is 0 Å². The zero-order chi connectivity index (χ0) is 17.3. The molecule has 2 aromatic carbocycles. The largest absolute Gasteiger partial charge is 0.349 e. The van der Waals surface area contributed by atoms with Crippen LogP contribution in [0.15, 0.2) is 54.6 Å². The van der Waals surface area contributed by atoms with Crippen LogP contribution in [-0.4, -0.2) is 17.7 Å². The third-order valence-corrected chi connectivity index (χ3v) is 4.66. The van der Waals surface area contributed by atoms with Crippen molar-refractivity contribution in [2.45, 2.75) is 33.2 Å². The van der Waals surface area contributed by atoms with Gasteiger partial charge in [0.1, 0.15) is 0 Å². The van der Waals surface area contributed by atoms with Crippen molar-refractivity contribution in [2.75, 3.05) is 0 Å². The molecule has 0 spiro atoms. The van der Waals surface area contributed by atoms with Gasteiger partial charge in [0.05, 0.1) is 0 Å². The average Bonchev–Trinajstić information content (AvgIpc) is 3.35. The highest BCUT2D eigenvalue weighted by Gasteiger charge is 2.45. The zero-order valence-electron chi connectivity index (χ0n) is 14.4. The van der Waals surface area contributed by atoms with Gasteiger partial charge < -0.3 is 5.32 Å². The Morgan fingerprint density at radius 1 is 0.875 bits per heavy atom. The molecule has 0 aromatic heterocycles. The molecule has 0 aliphatic heterocycles. The van der Waals surface area contributed by atoms with Crippen LogP contribution in [0.3, 0.4) is 0 Å². The second-order valence-corrected chi connectivity index (χ2v) is 7.56. The van der Waals surface area contributed by atoms with E-state index in [2.05, 4.69) is 26.1 Å². The molecule has 2 atom stereocenters. The van der Waals surface area contributed by atoms with Crippen LogP contribution in [0.2, 0.25) is 0 Å². The van der Waals surface area contributed by atoms with Gasteiger partial charge in [0.2, 0.25) is 0 Å². The zero-order valence-corrected chi connectivity index (χ0v) is 14.4. The molecule has 0 bridgehead atoms. The van der Waals surface area contributed by atoms with E-state index >= 15 is 0 Å². The van der Waals surface area contributed by atoms with Gasteiger partial charge in [0, 0.05) is 22.7 Å². The minimum Gasteiger partial charge on any atom is -0.349 e. The average molecular weight is 321 g/mol. The van der Waals surface area contributed by atoms with Gasteiger partial charge in [-0.25, -0.2) is 0 Å². The van der Waals surface area contributed by atoms with E-state index < -0.39 is 0 Å². The third kappa shape index (κ3) is 3.56. The Bertz CT molecular complexity index is 742. The second kappa shape index (κ2) is 6.23. The molecule has 1 aliphatic rings. The van der Waals surface area contributed by atoms with E-state index in [1.165, 1.54) is 0 Å². The summed E-state index contributed by atoms with van der Waals surface area (Å²) in [4.78, 5) is 24.7. The molecule has 2 aromatic rings. The molecule has 1 aliphatic carbocycles. The predicted octanol–water partition coefficient (Wildman–Crippen LogP) is 4.08. The number of carbonyl (C=O) groups excluding carboxylic acids is 2. The maximum Gasteiger partial charge on any atom is 0.251 e. The first-order valence-corrected chi connectivity index (χ1v) is 8.37. The maximum atomic E-state index is 12.4. The maximum absolute atomic E-state index is 12.4. The van der Waals surface area contributed by atoms with Gasteiger partial charge in [-0.3, -0.25) is 9.59 Å². The number of hydrogen-bond donors (Lipinski definition) is 1. The highest BCUT2D eigenvalue weighted by molar-refractivity contribution is 6.09. The van der Waals surface area contributed by atoms with Crippen LogP contribution in [-0.2, 0) is 0 Å². The van der Waals surface area contributed by atoms with Crippen LogP contribution in [0.1, 0.15) is 53.5 Å². The summed E-state index contributed by atoms with van der Waals surface area (Å²) in [7, 11) is 0. The van der Waals surface area contributed by atoms with E-state index in [0.717, 1.165) is 6.42 Å². The summed E-state index contributed by atoms with van der Waals surface area (Å²) < 4.78 is 0. The fraction of sp³-hybridized carbons (Fsp3) is 0.333. The number of carbonyl (C=O) groups is 2. The molecule has 0 unspecified atom stereocenters. The highest BCUT2D eigenvalue weighted by Crippen LogP contribution is 2.45. The van der Waals surface area contributed by atoms with Gasteiger partial charge in [-0.15, -0.1) is 0 Å². The van der Waals surface area contributed by atoms with Crippen LogP contribution in [0.25, 0.3) is 0 Å². The van der Waals surface area contributed by atoms with Crippen LogP contribution in [0, 0.1) is 11.3 Å². The van der Waals surface area contributed by atoms with Crippen LogP contribution < -0.4 is 5.32 Å². The van der Waals surface area contributed by atoms with Crippen LogP contribution in [0.4, 0.5) is 0 Å². The summed E-state index contributed by atoms with van der Waals surface area (Å²) in [5.74, 6) is 0.448. The summed E-state index contributed by atoms with van der Waals surface area (Å²) in [6, 6.07) is 16.3. The topological polar surface area (TPSA) is 46.2 Å². The lowest BCUT2D eigenvalue weighted by atomic mass is 9.90. The molecule has 3 heteroatoms. The number of hydrogen-bond acceptors (Lipinski definition) is 2. The molecule has 3 rings (SSSR count). The van der Waals surface area contributed by atoms with Crippen molar-refractivity contribution in [1.82, 2.24) is 5.32 Å². The lowest BCUT2D eigenvalue weighted by molar-refractivity contribution is 0.0944.